The third-order valence-corrected chi connectivity index (χ3v) is 8.76. The first-order valence-electron chi connectivity index (χ1n) is 13.4. The number of aromatic nitrogens is 3. The van der Waals surface area contributed by atoms with E-state index in [1.807, 2.05) is 49.4 Å². The highest BCUT2D eigenvalue weighted by Gasteiger charge is 2.38. The van der Waals surface area contributed by atoms with E-state index in [1.165, 1.54) is 24.2 Å². The van der Waals surface area contributed by atoms with Crippen molar-refractivity contribution in [1.82, 2.24) is 24.6 Å². The molecule has 2 aliphatic heterocycles. The average Bonchev–Trinajstić information content (AvgIpc) is 3.60. The highest BCUT2D eigenvalue weighted by molar-refractivity contribution is 7.22. The van der Waals surface area contributed by atoms with Gasteiger partial charge in [-0.3, -0.25) is 19.8 Å². The number of thiazole rings is 1. The molecule has 2 aliphatic rings. The average molecular weight is 523 g/mol. The van der Waals surface area contributed by atoms with Crippen molar-refractivity contribution in [2.75, 3.05) is 18.4 Å². The van der Waals surface area contributed by atoms with Gasteiger partial charge in [0.05, 0.1) is 5.54 Å². The van der Waals surface area contributed by atoms with Crippen LogP contribution in [0.5, 0.6) is 0 Å². The normalized spacial score (nSPS) is 22.8. The molecular formula is C28H38N6O2S. The molecule has 198 valence electrons. The van der Waals surface area contributed by atoms with Gasteiger partial charge in [0.1, 0.15) is 4.70 Å². The zero-order chi connectivity index (χ0) is 26.5. The van der Waals surface area contributed by atoms with Crippen LogP contribution in [-0.2, 0) is 5.54 Å². The Morgan fingerprint density at radius 2 is 1.76 bits per heavy atom. The fraction of sp³-hybridized carbons (Fsp3) is 0.571. The molecule has 8 nitrogen and oxygen atoms in total. The number of amides is 2. The molecule has 0 bridgehead atoms. The van der Waals surface area contributed by atoms with E-state index in [-0.39, 0.29) is 23.4 Å². The maximum Gasteiger partial charge on any atom is 0.276 e. The summed E-state index contributed by atoms with van der Waals surface area (Å²) in [7, 11) is 0. The molecule has 37 heavy (non-hydrogen) atoms. The van der Waals surface area contributed by atoms with Gasteiger partial charge in [-0.15, -0.1) is 0 Å². The predicted octanol–water partition coefficient (Wildman–Crippen LogP) is 5.29. The lowest BCUT2D eigenvalue weighted by Crippen LogP contribution is -2.46. The third-order valence-electron chi connectivity index (χ3n) is 7.79. The highest BCUT2D eigenvalue weighted by Crippen LogP contribution is 2.35. The Morgan fingerprint density at radius 1 is 1.08 bits per heavy atom. The van der Waals surface area contributed by atoms with Crippen LogP contribution in [0.1, 0.15) is 86.7 Å². The Hall–Kier alpha value is -2.78. The van der Waals surface area contributed by atoms with Crippen LogP contribution in [0.2, 0.25) is 0 Å². The van der Waals surface area contributed by atoms with Gasteiger partial charge in [0.25, 0.3) is 11.8 Å². The Labute approximate surface area is 223 Å². The summed E-state index contributed by atoms with van der Waals surface area (Å²) >= 11 is 1.32. The number of likely N-dealkylation sites (tertiary alicyclic amines) is 2. The second kappa shape index (κ2) is 9.83. The van der Waals surface area contributed by atoms with E-state index in [0.717, 1.165) is 36.2 Å². The molecule has 2 amide bonds. The molecule has 2 aromatic heterocycles. The smallest absolute Gasteiger partial charge is 0.276 e. The number of hydrogen-bond donors (Lipinski definition) is 1. The van der Waals surface area contributed by atoms with Gasteiger partial charge >= 0.3 is 0 Å². The summed E-state index contributed by atoms with van der Waals surface area (Å²) < 4.78 is 2.55. The molecule has 4 heterocycles. The molecule has 2 saturated heterocycles. The Kier molecular flexibility index (Phi) is 6.87. The molecule has 9 heteroatoms. The van der Waals surface area contributed by atoms with Gasteiger partial charge in [0.2, 0.25) is 0 Å². The van der Waals surface area contributed by atoms with Crippen LogP contribution < -0.4 is 5.32 Å². The van der Waals surface area contributed by atoms with Crippen molar-refractivity contribution in [3.63, 3.8) is 0 Å². The first-order chi connectivity index (χ1) is 17.5. The minimum atomic E-state index is -0.367. The SMILES string of the molecule is Cc1ccc(C(=O)Nc2nc3c(s2)c(C(=O)N2CCC[C@H]2CN2C(C)CCC2C)nn3C(C)(C)C)cc1. The zero-order valence-electron chi connectivity index (χ0n) is 22.7. The lowest BCUT2D eigenvalue weighted by Gasteiger charge is -2.33. The second-order valence-electron chi connectivity index (χ2n) is 11.7. The monoisotopic (exact) mass is 522 g/mol. The van der Waals surface area contributed by atoms with Crippen LogP contribution >= 0.6 is 11.3 Å². The van der Waals surface area contributed by atoms with Crippen LogP contribution in [0.4, 0.5) is 5.13 Å². The van der Waals surface area contributed by atoms with Crippen LogP contribution in [0.15, 0.2) is 24.3 Å². The van der Waals surface area contributed by atoms with E-state index in [9.17, 15) is 9.59 Å². The number of fused-ring (bicyclic) bond motifs is 1. The number of hydrogen-bond acceptors (Lipinski definition) is 6. The quantitative estimate of drug-likeness (QED) is 0.493. The number of benzene rings is 1. The highest BCUT2D eigenvalue weighted by atomic mass is 32.1. The molecule has 0 spiro atoms. The topological polar surface area (TPSA) is 83.4 Å². The molecule has 5 rings (SSSR count). The van der Waals surface area contributed by atoms with Crippen LogP contribution in [0.25, 0.3) is 10.3 Å². The van der Waals surface area contributed by atoms with Gasteiger partial charge in [-0.25, -0.2) is 4.68 Å². The summed E-state index contributed by atoms with van der Waals surface area (Å²) in [5, 5.41) is 8.20. The minimum absolute atomic E-state index is 0.0323. The minimum Gasteiger partial charge on any atom is -0.333 e. The maximum absolute atomic E-state index is 14.0. The van der Waals surface area contributed by atoms with E-state index >= 15 is 0 Å². The number of carbonyl (C=O) groups is 2. The van der Waals surface area contributed by atoms with Gasteiger partial charge in [0, 0.05) is 36.8 Å². The molecule has 1 aromatic carbocycles. The summed E-state index contributed by atoms with van der Waals surface area (Å²) in [6.07, 6.45) is 4.47. The second-order valence-corrected chi connectivity index (χ2v) is 12.7. The van der Waals surface area contributed by atoms with Crippen LogP contribution in [-0.4, -0.2) is 67.6 Å². The van der Waals surface area contributed by atoms with Gasteiger partial charge in [-0.2, -0.15) is 10.1 Å². The van der Waals surface area contributed by atoms with E-state index in [4.69, 9.17) is 10.1 Å². The molecule has 0 aliphatic carbocycles. The molecule has 2 fully saturated rings. The van der Waals surface area contributed by atoms with Gasteiger partial charge in [0.15, 0.2) is 16.5 Å². The molecule has 3 aromatic rings. The lowest BCUT2D eigenvalue weighted by molar-refractivity contribution is 0.0672. The first-order valence-corrected chi connectivity index (χ1v) is 14.2. The van der Waals surface area contributed by atoms with Crippen LogP contribution in [0.3, 0.4) is 0 Å². The van der Waals surface area contributed by atoms with E-state index < -0.39 is 0 Å². The molecule has 0 radical (unpaired) electrons. The van der Waals surface area contributed by atoms with Crippen molar-refractivity contribution in [3.8, 4) is 0 Å². The third kappa shape index (κ3) is 5.03. The first kappa shape index (κ1) is 25.9. The Balaban J connectivity index is 1.44. The molecule has 1 N–H and O–H groups in total. The van der Waals surface area contributed by atoms with Crippen molar-refractivity contribution >= 4 is 38.6 Å². The molecule has 2 unspecified atom stereocenters. The largest absolute Gasteiger partial charge is 0.333 e. The Bertz CT molecular complexity index is 1290. The molecular weight excluding hydrogens is 484 g/mol. The fourth-order valence-corrected chi connectivity index (χ4v) is 6.54. The summed E-state index contributed by atoms with van der Waals surface area (Å²) in [6, 6.07) is 8.74. The number of carbonyl (C=O) groups excluding carboxylic acids is 2. The van der Waals surface area contributed by atoms with Gasteiger partial charge in [-0.1, -0.05) is 29.0 Å². The standard InChI is InChI=1S/C28H38N6O2S/c1-17-9-13-20(14-10-17)25(35)30-27-29-24-23(37-27)22(31-34(24)28(4,5)6)26(36)32-15-7-8-21(32)16-33-18(2)11-12-19(33)3/h9-10,13-14,18-19,21H,7-8,11-12,15-16H2,1-6H3,(H,29,30,35)/t18?,19?,21-/m0/s1. The van der Waals surface area contributed by atoms with Crippen molar-refractivity contribution in [3.05, 3.63) is 41.1 Å². The summed E-state index contributed by atoms with van der Waals surface area (Å²) in [5.41, 5.74) is 2.38. The van der Waals surface area contributed by atoms with Crippen molar-refractivity contribution in [1.29, 1.82) is 0 Å². The summed E-state index contributed by atoms with van der Waals surface area (Å²) in [6.45, 7) is 14.4. The number of nitrogens with one attached hydrogen (secondary N) is 1. The fourth-order valence-electron chi connectivity index (χ4n) is 5.62. The van der Waals surface area contributed by atoms with Crippen molar-refractivity contribution < 1.29 is 9.59 Å². The predicted molar refractivity (Wildman–Crippen MR) is 148 cm³/mol. The van der Waals surface area contributed by atoms with E-state index in [0.29, 0.717) is 34.1 Å². The van der Waals surface area contributed by atoms with Gasteiger partial charge < -0.3 is 4.90 Å². The van der Waals surface area contributed by atoms with Crippen LogP contribution in [0, 0.1) is 6.92 Å². The Morgan fingerprint density at radius 3 is 2.41 bits per heavy atom. The number of nitrogens with zero attached hydrogens (tertiary/aromatic N) is 5. The van der Waals surface area contributed by atoms with Crippen molar-refractivity contribution in [2.45, 2.75) is 90.9 Å². The van der Waals surface area contributed by atoms with Gasteiger partial charge in [-0.05, 0) is 79.4 Å². The van der Waals surface area contributed by atoms with E-state index in [1.54, 1.807) is 12.1 Å². The number of anilines is 1. The molecule has 3 atom stereocenters. The zero-order valence-corrected chi connectivity index (χ0v) is 23.6. The summed E-state index contributed by atoms with van der Waals surface area (Å²) in [4.78, 5) is 36.1. The van der Waals surface area contributed by atoms with E-state index in [2.05, 4.69) is 24.1 Å². The lowest BCUT2D eigenvalue weighted by atomic mass is 10.1. The number of rotatable bonds is 5. The summed E-state index contributed by atoms with van der Waals surface area (Å²) in [5.74, 6) is -0.247. The maximum atomic E-state index is 14.0. The molecule has 0 saturated carbocycles. The number of aryl methyl sites for hydroxylation is 1. The van der Waals surface area contributed by atoms with Crippen molar-refractivity contribution in [2.24, 2.45) is 0 Å².